The number of rotatable bonds is 10. The predicted molar refractivity (Wildman–Crippen MR) is 63.1 cm³/mol. The minimum absolute atomic E-state index is 0.273. The van der Waals surface area contributed by atoms with Crippen molar-refractivity contribution in [3.63, 3.8) is 0 Å². The molecule has 90 valence electrons. The second-order valence-corrected chi connectivity index (χ2v) is 4.20. The zero-order valence-corrected chi connectivity index (χ0v) is 10.1. The maximum atomic E-state index is 10.3. The monoisotopic (exact) mass is 215 g/mol. The molecule has 0 fully saturated rings. The van der Waals surface area contributed by atoms with Crippen LogP contribution >= 0.6 is 0 Å². The van der Waals surface area contributed by atoms with E-state index in [2.05, 4.69) is 19.2 Å². The Morgan fingerprint density at radius 3 is 2.60 bits per heavy atom. The first kappa shape index (κ1) is 14.4. The predicted octanol–water partition coefficient (Wildman–Crippen LogP) is 2.80. The second kappa shape index (κ2) is 9.97. The first-order valence-electron chi connectivity index (χ1n) is 6.12. The van der Waals surface area contributed by atoms with Crippen molar-refractivity contribution in [3.8, 4) is 0 Å². The molecule has 0 aromatic heterocycles. The van der Waals surface area contributed by atoms with Crippen molar-refractivity contribution in [2.24, 2.45) is 0 Å². The van der Waals surface area contributed by atoms with Gasteiger partial charge in [0, 0.05) is 12.5 Å². The fourth-order valence-electron chi connectivity index (χ4n) is 1.57. The lowest BCUT2D eigenvalue weighted by atomic mass is 10.1. The van der Waals surface area contributed by atoms with Gasteiger partial charge in [-0.2, -0.15) is 0 Å². The molecule has 3 nitrogen and oxygen atoms in total. The third-order valence-electron chi connectivity index (χ3n) is 2.55. The normalized spacial score (nSPS) is 12.7. The molecule has 0 saturated heterocycles. The molecule has 2 N–H and O–H groups in total. The molecule has 0 saturated carbocycles. The van der Waals surface area contributed by atoms with Gasteiger partial charge in [-0.3, -0.25) is 4.79 Å². The number of carboxylic acids is 1. The molecule has 0 aliphatic rings. The molecule has 0 rings (SSSR count). The van der Waals surface area contributed by atoms with Crippen molar-refractivity contribution in [2.75, 3.05) is 6.54 Å². The van der Waals surface area contributed by atoms with E-state index in [0.29, 0.717) is 6.04 Å². The van der Waals surface area contributed by atoms with Gasteiger partial charge in [-0.25, -0.2) is 0 Å². The Hall–Kier alpha value is -0.570. The Kier molecular flexibility index (Phi) is 9.59. The van der Waals surface area contributed by atoms with Crippen LogP contribution in [0.3, 0.4) is 0 Å². The molecule has 0 bridgehead atoms. The highest BCUT2D eigenvalue weighted by atomic mass is 16.4. The largest absolute Gasteiger partial charge is 0.481 e. The quantitative estimate of drug-likeness (QED) is 0.551. The number of nitrogens with one attached hydrogen (secondary N) is 1. The number of carbonyl (C=O) groups is 1. The van der Waals surface area contributed by atoms with E-state index in [4.69, 9.17) is 5.11 Å². The molecular weight excluding hydrogens is 190 g/mol. The Balaban J connectivity index is 3.18. The average molecular weight is 215 g/mol. The summed E-state index contributed by atoms with van der Waals surface area (Å²) in [5, 5.41) is 11.8. The van der Waals surface area contributed by atoms with Gasteiger partial charge in [0.05, 0.1) is 0 Å². The average Bonchev–Trinajstić information content (AvgIpc) is 2.19. The summed E-state index contributed by atoms with van der Waals surface area (Å²) in [6, 6.07) is 0.524. The molecule has 0 heterocycles. The lowest BCUT2D eigenvalue weighted by Gasteiger charge is -2.12. The van der Waals surface area contributed by atoms with Crippen molar-refractivity contribution in [2.45, 2.75) is 64.8 Å². The summed E-state index contributed by atoms with van der Waals surface area (Å²) in [7, 11) is 0. The van der Waals surface area contributed by atoms with Gasteiger partial charge in [-0.1, -0.05) is 32.6 Å². The van der Waals surface area contributed by atoms with Crippen molar-refractivity contribution in [1.29, 1.82) is 0 Å². The maximum Gasteiger partial charge on any atom is 0.303 e. The molecule has 3 heteroatoms. The number of hydrogen-bond donors (Lipinski definition) is 2. The van der Waals surface area contributed by atoms with Gasteiger partial charge < -0.3 is 10.4 Å². The highest BCUT2D eigenvalue weighted by Gasteiger charge is 2.01. The summed E-state index contributed by atoms with van der Waals surface area (Å²) in [6.07, 6.45) is 7.40. The van der Waals surface area contributed by atoms with Crippen LogP contribution in [0.15, 0.2) is 0 Å². The van der Waals surface area contributed by atoms with E-state index in [1.54, 1.807) is 0 Å². The molecular formula is C12H25NO2. The van der Waals surface area contributed by atoms with Crippen LogP contribution in [0.1, 0.15) is 58.8 Å². The van der Waals surface area contributed by atoms with E-state index in [1.807, 2.05) is 0 Å². The minimum atomic E-state index is -0.701. The van der Waals surface area contributed by atoms with Crippen molar-refractivity contribution >= 4 is 5.97 Å². The van der Waals surface area contributed by atoms with Crippen LogP contribution in [0.4, 0.5) is 0 Å². The topological polar surface area (TPSA) is 49.3 Å². The van der Waals surface area contributed by atoms with E-state index in [-0.39, 0.29) is 6.42 Å². The third-order valence-corrected chi connectivity index (χ3v) is 2.55. The Morgan fingerprint density at radius 1 is 1.27 bits per heavy atom. The van der Waals surface area contributed by atoms with Crippen LogP contribution in [0, 0.1) is 0 Å². The number of hydrogen-bond acceptors (Lipinski definition) is 2. The molecule has 0 aromatic carbocycles. The molecule has 1 atom stereocenters. The summed E-state index contributed by atoms with van der Waals surface area (Å²) in [6.45, 7) is 5.21. The van der Waals surface area contributed by atoms with E-state index in [9.17, 15) is 4.79 Å². The molecule has 0 spiro atoms. The number of aliphatic carboxylic acids is 1. The van der Waals surface area contributed by atoms with Gasteiger partial charge in [0.15, 0.2) is 0 Å². The molecule has 0 aliphatic carbocycles. The van der Waals surface area contributed by atoms with Crippen LogP contribution < -0.4 is 5.32 Å². The van der Waals surface area contributed by atoms with Crippen LogP contribution in [0.5, 0.6) is 0 Å². The van der Waals surface area contributed by atoms with E-state index < -0.39 is 5.97 Å². The fourth-order valence-corrected chi connectivity index (χ4v) is 1.57. The highest BCUT2D eigenvalue weighted by Crippen LogP contribution is 2.05. The smallest absolute Gasteiger partial charge is 0.303 e. The van der Waals surface area contributed by atoms with E-state index in [1.165, 1.54) is 32.1 Å². The lowest BCUT2D eigenvalue weighted by molar-refractivity contribution is -0.137. The number of unbranched alkanes of at least 4 members (excludes halogenated alkanes) is 3. The van der Waals surface area contributed by atoms with Crippen LogP contribution in [-0.4, -0.2) is 23.7 Å². The fraction of sp³-hybridized carbons (Fsp3) is 0.917. The van der Waals surface area contributed by atoms with Gasteiger partial charge in [-0.05, 0) is 26.3 Å². The van der Waals surface area contributed by atoms with Crippen molar-refractivity contribution in [3.05, 3.63) is 0 Å². The summed E-state index contributed by atoms with van der Waals surface area (Å²) in [4.78, 5) is 10.3. The first-order chi connectivity index (χ1) is 7.16. The maximum absolute atomic E-state index is 10.3. The standard InChI is InChI=1S/C12H25NO2/c1-3-4-5-6-8-11(2)13-10-7-9-12(14)15/h11,13H,3-10H2,1-2H3,(H,14,15). The molecule has 15 heavy (non-hydrogen) atoms. The summed E-state index contributed by atoms with van der Waals surface area (Å²) in [5.41, 5.74) is 0. The molecule has 0 amide bonds. The Labute approximate surface area is 93.3 Å². The highest BCUT2D eigenvalue weighted by molar-refractivity contribution is 5.66. The Morgan fingerprint density at radius 2 is 2.00 bits per heavy atom. The molecule has 0 aromatic rings. The van der Waals surface area contributed by atoms with Crippen LogP contribution in [0.25, 0.3) is 0 Å². The van der Waals surface area contributed by atoms with Gasteiger partial charge in [-0.15, -0.1) is 0 Å². The number of carboxylic acid groups (broad SMARTS) is 1. The van der Waals surface area contributed by atoms with Gasteiger partial charge in [0.2, 0.25) is 0 Å². The summed E-state index contributed by atoms with van der Waals surface area (Å²) >= 11 is 0. The van der Waals surface area contributed by atoms with Crippen LogP contribution in [-0.2, 0) is 4.79 Å². The Bertz CT molecular complexity index is 160. The zero-order valence-electron chi connectivity index (χ0n) is 10.1. The molecule has 0 aliphatic heterocycles. The van der Waals surface area contributed by atoms with Gasteiger partial charge >= 0.3 is 5.97 Å². The second-order valence-electron chi connectivity index (χ2n) is 4.20. The molecule has 0 radical (unpaired) electrons. The third kappa shape index (κ3) is 11.4. The van der Waals surface area contributed by atoms with Gasteiger partial charge in [0.1, 0.15) is 0 Å². The minimum Gasteiger partial charge on any atom is -0.481 e. The van der Waals surface area contributed by atoms with E-state index >= 15 is 0 Å². The van der Waals surface area contributed by atoms with Crippen molar-refractivity contribution in [1.82, 2.24) is 5.32 Å². The van der Waals surface area contributed by atoms with Crippen molar-refractivity contribution < 1.29 is 9.90 Å². The molecule has 1 unspecified atom stereocenters. The lowest BCUT2D eigenvalue weighted by Crippen LogP contribution is -2.27. The van der Waals surface area contributed by atoms with Gasteiger partial charge in [0.25, 0.3) is 0 Å². The van der Waals surface area contributed by atoms with Crippen LogP contribution in [0.2, 0.25) is 0 Å². The zero-order chi connectivity index (χ0) is 11.5. The van der Waals surface area contributed by atoms with E-state index in [0.717, 1.165) is 13.0 Å². The summed E-state index contributed by atoms with van der Waals surface area (Å²) < 4.78 is 0. The SMILES string of the molecule is CCCCCCC(C)NCCCC(=O)O. The first-order valence-corrected chi connectivity index (χ1v) is 6.12. The summed E-state index contributed by atoms with van der Waals surface area (Å²) in [5.74, 6) is -0.701.